The number of hydrogen-bond donors (Lipinski definition) is 1. The summed E-state index contributed by atoms with van der Waals surface area (Å²) in [5.74, 6) is -0.197. The SMILES string of the molecule is O=C(C=Cc1ccc(Br)cc1)Nc1nc(-c2cccc3ccccc23)cs1. The number of nitrogens with zero attached hydrogens (tertiary/aromatic N) is 1. The first-order valence-electron chi connectivity index (χ1n) is 8.37. The van der Waals surface area contributed by atoms with E-state index in [2.05, 4.69) is 50.5 Å². The van der Waals surface area contributed by atoms with Gasteiger partial charge in [0, 0.05) is 21.5 Å². The van der Waals surface area contributed by atoms with E-state index in [1.54, 1.807) is 6.08 Å². The van der Waals surface area contributed by atoms with Crippen LogP contribution in [0.5, 0.6) is 0 Å². The lowest BCUT2D eigenvalue weighted by Crippen LogP contribution is -2.07. The molecule has 0 saturated carbocycles. The number of anilines is 1. The monoisotopic (exact) mass is 434 g/mol. The molecule has 3 aromatic carbocycles. The van der Waals surface area contributed by atoms with Gasteiger partial charge in [0.25, 0.3) is 0 Å². The highest BCUT2D eigenvalue weighted by molar-refractivity contribution is 9.10. The molecule has 1 N–H and O–H groups in total. The van der Waals surface area contributed by atoms with Crippen LogP contribution in [0.2, 0.25) is 0 Å². The maximum absolute atomic E-state index is 12.2. The number of carbonyl (C=O) groups excluding carboxylic acids is 1. The molecule has 1 amide bonds. The normalized spacial score (nSPS) is 11.1. The number of aromatic nitrogens is 1. The number of fused-ring (bicyclic) bond motifs is 1. The zero-order valence-electron chi connectivity index (χ0n) is 14.2. The summed E-state index contributed by atoms with van der Waals surface area (Å²) in [5.41, 5.74) is 2.89. The van der Waals surface area contributed by atoms with Crippen molar-refractivity contribution in [2.24, 2.45) is 0 Å². The maximum Gasteiger partial charge on any atom is 0.250 e. The number of hydrogen-bond acceptors (Lipinski definition) is 3. The molecule has 5 heteroatoms. The molecule has 132 valence electrons. The fourth-order valence-corrected chi connectivity index (χ4v) is 3.77. The lowest BCUT2D eigenvalue weighted by Gasteiger charge is -2.03. The molecule has 0 aliphatic rings. The molecule has 0 unspecified atom stereocenters. The van der Waals surface area contributed by atoms with E-state index in [0.29, 0.717) is 5.13 Å². The topological polar surface area (TPSA) is 42.0 Å². The molecule has 0 atom stereocenters. The molecule has 27 heavy (non-hydrogen) atoms. The first-order valence-corrected chi connectivity index (χ1v) is 10.0. The molecule has 0 saturated heterocycles. The highest BCUT2D eigenvalue weighted by atomic mass is 79.9. The molecule has 0 fully saturated rings. The van der Waals surface area contributed by atoms with E-state index >= 15 is 0 Å². The van der Waals surface area contributed by atoms with Gasteiger partial charge in [-0.1, -0.05) is 70.5 Å². The summed E-state index contributed by atoms with van der Waals surface area (Å²) in [7, 11) is 0. The third kappa shape index (κ3) is 4.15. The molecule has 0 bridgehead atoms. The van der Waals surface area contributed by atoms with Gasteiger partial charge in [-0.3, -0.25) is 10.1 Å². The van der Waals surface area contributed by atoms with Crippen molar-refractivity contribution in [1.29, 1.82) is 0 Å². The smallest absolute Gasteiger partial charge is 0.250 e. The third-order valence-corrected chi connectivity index (χ3v) is 5.38. The number of halogens is 1. The zero-order chi connectivity index (χ0) is 18.6. The molecule has 0 aliphatic heterocycles. The minimum atomic E-state index is -0.197. The summed E-state index contributed by atoms with van der Waals surface area (Å²) in [6, 6.07) is 22.1. The van der Waals surface area contributed by atoms with Gasteiger partial charge in [-0.25, -0.2) is 4.98 Å². The van der Waals surface area contributed by atoms with E-state index in [4.69, 9.17) is 0 Å². The van der Waals surface area contributed by atoms with Crippen LogP contribution in [0.3, 0.4) is 0 Å². The number of amides is 1. The van der Waals surface area contributed by atoms with Crippen LogP contribution in [-0.4, -0.2) is 10.9 Å². The van der Waals surface area contributed by atoms with Crippen molar-refractivity contribution in [2.75, 3.05) is 5.32 Å². The van der Waals surface area contributed by atoms with Gasteiger partial charge in [0.2, 0.25) is 5.91 Å². The highest BCUT2D eigenvalue weighted by Gasteiger charge is 2.09. The lowest BCUT2D eigenvalue weighted by molar-refractivity contribution is -0.111. The van der Waals surface area contributed by atoms with Crippen molar-refractivity contribution < 1.29 is 4.79 Å². The Hall–Kier alpha value is -2.76. The molecule has 0 aliphatic carbocycles. The van der Waals surface area contributed by atoms with E-state index in [-0.39, 0.29) is 5.91 Å². The molecule has 4 rings (SSSR count). The fraction of sp³-hybridized carbons (Fsp3) is 0. The van der Waals surface area contributed by atoms with Crippen LogP contribution in [0.25, 0.3) is 28.1 Å². The van der Waals surface area contributed by atoms with Crippen molar-refractivity contribution in [3.05, 3.63) is 88.2 Å². The number of benzene rings is 3. The van der Waals surface area contributed by atoms with Crippen LogP contribution in [0, 0.1) is 0 Å². The molecular formula is C22H15BrN2OS. The second kappa shape index (κ2) is 7.86. The predicted octanol–water partition coefficient (Wildman–Crippen LogP) is 6.38. The first-order chi connectivity index (χ1) is 13.2. The van der Waals surface area contributed by atoms with Gasteiger partial charge in [0.05, 0.1) is 5.69 Å². The minimum absolute atomic E-state index is 0.197. The Balaban J connectivity index is 1.51. The zero-order valence-corrected chi connectivity index (χ0v) is 16.6. The average Bonchev–Trinajstić information content (AvgIpc) is 3.15. The Bertz CT molecular complexity index is 1130. The number of nitrogens with one attached hydrogen (secondary N) is 1. The molecule has 0 radical (unpaired) electrons. The van der Waals surface area contributed by atoms with E-state index < -0.39 is 0 Å². The maximum atomic E-state index is 12.2. The number of carbonyl (C=O) groups is 1. The molecule has 3 nitrogen and oxygen atoms in total. The summed E-state index contributed by atoms with van der Waals surface area (Å²) in [6.07, 6.45) is 3.29. The molecule has 0 spiro atoms. The fourth-order valence-electron chi connectivity index (χ4n) is 2.80. The van der Waals surface area contributed by atoms with Crippen LogP contribution in [0.1, 0.15) is 5.56 Å². The molecular weight excluding hydrogens is 420 g/mol. The summed E-state index contributed by atoms with van der Waals surface area (Å²) < 4.78 is 1.01. The van der Waals surface area contributed by atoms with Gasteiger partial charge in [0.1, 0.15) is 0 Å². The predicted molar refractivity (Wildman–Crippen MR) is 117 cm³/mol. The van der Waals surface area contributed by atoms with Crippen LogP contribution < -0.4 is 5.32 Å². The highest BCUT2D eigenvalue weighted by Crippen LogP contribution is 2.30. The average molecular weight is 435 g/mol. The number of rotatable bonds is 4. The standard InChI is InChI=1S/C22H15BrN2OS/c23-17-11-8-15(9-12-17)10-13-21(26)25-22-24-20(14-27-22)19-7-3-5-16-4-1-2-6-18(16)19/h1-14H,(H,24,25,26). The van der Waals surface area contributed by atoms with Crippen LogP contribution in [0.15, 0.2) is 82.7 Å². The first kappa shape index (κ1) is 17.6. The van der Waals surface area contributed by atoms with Gasteiger partial charge in [-0.2, -0.15) is 0 Å². The Morgan fingerprint density at radius 2 is 1.78 bits per heavy atom. The van der Waals surface area contributed by atoms with Gasteiger partial charge < -0.3 is 0 Å². The second-order valence-corrected chi connectivity index (χ2v) is 7.71. The van der Waals surface area contributed by atoms with Gasteiger partial charge >= 0.3 is 0 Å². The van der Waals surface area contributed by atoms with Crippen molar-refractivity contribution in [3.63, 3.8) is 0 Å². The summed E-state index contributed by atoms with van der Waals surface area (Å²) >= 11 is 4.82. The van der Waals surface area contributed by atoms with Gasteiger partial charge in [-0.15, -0.1) is 11.3 Å². The van der Waals surface area contributed by atoms with Gasteiger partial charge in [-0.05, 0) is 34.5 Å². The largest absolute Gasteiger partial charge is 0.298 e. The van der Waals surface area contributed by atoms with E-state index in [9.17, 15) is 4.79 Å². The minimum Gasteiger partial charge on any atom is -0.298 e. The Morgan fingerprint density at radius 3 is 2.63 bits per heavy atom. The third-order valence-electron chi connectivity index (χ3n) is 4.10. The van der Waals surface area contributed by atoms with Crippen LogP contribution in [0.4, 0.5) is 5.13 Å². The van der Waals surface area contributed by atoms with Gasteiger partial charge in [0.15, 0.2) is 5.13 Å². The van der Waals surface area contributed by atoms with Crippen molar-refractivity contribution in [1.82, 2.24) is 4.98 Å². The van der Waals surface area contributed by atoms with E-state index in [1.807, 2.05) is 47.8 Å². The van der Waals surface area contributed by atoms with E-state index in [1.165, 1.54) is 22.8 Å². The van der Waals surface area contributed by atoms with Crippen LogP contribution in [-0.2, 0) is 4.79 Å². The second-order valence-electron chi connectivity index (χ2n) is 5.94. The quantitative estimate of drug-likeness (QED) is 0.378. The van der Waals surface area contributed by atoms with Crippen molar-refractivity contribution in [3.8, 4) is 11.3 Å². The molecule has 1 aromatic heterocycles. The van der Waals surface area contributed by atoms with Crippen molar-refractivity contribution >= 4 is 55.2 Å². The Kier molecular flexibility index (Phi) is 5.14. The summed E-state index contributed by atoms with van der Waals surface area (Å²) in [6.45, 7) is 0. The summed E-state index contributed by atoms with van der Waals surface area (Å²) in [5, 5.41) is 7.71. The Labute approximate surface area is 169 Å². The molecule has 1 heterocycles. The van der Waals surface area contributed by atoms with Crippen LogP contribution >= 0.6 is 27.3 Å². The summed E-state index contributed by atoms with van der Waals surface area (Å²) in [4.78, 5) is 16.8. The Morgan fingerprint density at radius 1 is 1.00 bits per heavy atom. The number of thiazole rings is 1. The molecule has 4 aromatic rings. The lowest BCUT2D eigenvalue weighted by atomic mass is 10.0. The van der Waals surface area contributed by atoms with E-state index in [0.717, 1.165) is 26.7 Å². The van der Waals surface area contributed by atoms with Crippen molar-refractivity contribution in [2.45, 2.75) is 0 Å².